The summed E-state index contributed by atoms with van der Waals surface area (Å²) in [6.45, 7) is 4.86. The van der Waals surface area contributed by atoms with Crippen molar-refractivity contribution in [1.82, 2.24) is 10.2 Å². The zero-order valence-electron chi connectivity index (χ0n) is 12.2. The van der Waals surface area contributed by atoms with Crippen LogP contribution < -0.4 is 15.8 Å². The van der Waals surface area contributed by atoms with Crippen LogP contribution in [0, 0.1) is 0 Å². The first-order valence-electron chi connectivity index (χ1n) is 7.07. The molecule has 0 radical (unpaired) electrons. The maximum atomic E-state index is 11.9. The van der Waals surface area contributed by atoms with Gasteiger partial charge in [-0.1, -0.05) is 19.1 Å². The molecule has 0 spiro atoms. The SMILES string of the molecule is CCC1C(=O)NCCN1Cc1ccc(CN)c(OC)c1. The number of carbonyl (C=O) groups is 1. The number of carbonyl (C=O) groups excluding carboxylic acids is 1. The Kier molecular flexibility index (Phi) is 4.98. The van der Waals surface area contributed by atoms with E-state index in [9.17, 15) is 4.79 Å². The van der Waals surface area contributed by atoms with Crippen LogP contribution >= 0.6 is 0 Å². The predicted octanol–water partition coefficient (Wildman–Crippen LogP) is 0.864. The third-order valence-electron chi connectivity index (χ3n) is 3.79. The first-order chi connectivity index (χ1) is 9.69. The highest BCUT2D eigenvalue weighted by Gasteiger charge is 2.27. The molecule has 1 aliphatic heterocycles. The molecule has 1 unspecified atom stereocenters. The van der Waals surface area contributed by atoms with Crippen LogP contribution in [0.4, 0.5) is 0 Å². The van der Waals surface area contributed by atoms with E-state index in [1.807, 2.05) is 19.1 Å². The van der Waals surface area contributed by atoms with Gasteiger partial charge < -0.3 is 15.8 Å². The average molecular weight is 277 g/mol. The van der Waals surface area contributed by atoms with Gasteiger partial charge in [-0.2, -0.15) is 0 Å². The lowest BCUT2D eigenvalue weighted by Crippen LogP contribution is -2.54. The van der Waals surface area contributed by atoms with Crippen LogP contribution in [0.2, 0.25) is 0 Å². The summed E-state index contributed by atoms with van der Waals surface area (Å²) in [5.41, 5.74) is 7.82. The van der Waals surface area contributed by atoms with Gasteiger partial charge in [0, 0.05) is 31.7 Å². The summed E-state index contributed by atoms with van der Waals surface area (Å²) in [6.07, 6.45) is 0.823. The Bertz CT molecular complexity index is 476. The van der Waals surface area contributed by atoms with Crippen molar-refractivity contribution in [1.29, 1.82) is 0 Å². The number of hydrogen-bond donors (Lipinski definition) is 2. The molecule has 1 aromatic rings. The van der Waals surface area contributed by atoms with Crippen LogP contribution in [-0.2, 0) is 17.9 Å². The van der Waals surface area contributed by atoms with Gasteiger partial charge in [0.05, 0.1) is 13.2 Å². The van der Waals surface area contributed by atoms with E-state index in [1.165, 1.54) is 0 Å². The molecule has 0 saturated carbocycles. The molecule has 5 nitrogen and oxygen atoms in total. The average Bonchev–Trinajstić information content (AvgIpc) is 2.47. The third-order valence-corrected chi connectivity index (χ3v) is 3.79. The fraction of sp³-hybridized carbons (Fsp3) is 0.533. The Hall–Kier alpha value is -1.59. The lowest BCUT2D eigenvalue weighted by molar-refractivity contribution is -0.129. The normalized spacial score (nSPS) is 19.8. The number of piperazine rings is 1. The quantitative estimate of drug-likeness (QED) is 0.838. The van der Waals surface area contributed by atoms with Crippen LogP contribution in [0.5, 0.6) is 5.75 Å². The molecule has 5 heteroatoms. The first kappa shape index (κ1) is 14.8. The molecular weight excluding hydrogens is 254 g/mol. The second-order valence-corrected chi connectivity index (χ2v) is 5.04. The van der Waals surface area contributed by atoms with Gasteiger partial charge in [0.15, 0.2) is 0 Å². The fourth-order valence-electron chi connectivity index (χ4n) is 2.69. The Labute approximate surface area is 120 Å². The Morgan fingerprint density at radius 3 is 2.95 bits per heavy atom. The summed E-state index contributed by atoms with van der Waals surface area (Å²) in [5, 5.41) is 2.92. The molecule has 1 amide bonds. The van der Waals surface area contributed by atoms with Crippen molar-refractivity contribution in [2.24, 2.45) is 5.73 Å². The molecule has 2 rings (SSSR count). The van der Waals surface area contributed by atoms with Gasteiger partial charge in [-0.05, 0) is 18.1 Å². The molecule has 1 heterocycles. The lowest BCUT2D eigenvalue weighted by atomic mass is 10.1. The van der Waals surface area contributed by atoms with Gasteiger partial charge in [0.2, 0.25) is 5.91 Å². The highest BCUT2D eigenvalue weighted by Crippen LogP contribution is 2.22. The van der Waals surface area contributed by atoms with Gasteiger partial charge in [0.1, 0.15) is 5.75 Å². The minimum Gasteiger partial charge on any atom is -0.496 e. The Morgan fingerprint density at radius 2 is 2.30 bits per heavy atom. The zero-order chi connectivity index (χ0) is 14.5. The van der Waals surface area contributed by atoms with Crippen LogP contribution in [0.1, 0.15) is 24.5 Å². The summed E-state index contributed by atoms with van der Waals surface area (Å²) in [4.78, 5) is 14.1. The van der Waals surface area contributed by atoms with Gasteiger partial charge in [0.25, 0.3) is 0 Å². The molecule has 1 fully saturated rings. The van der Waals surface area contributed by atoms with Gasteiger partial charge in [-0.3, -0.25) is 9.69 Å². The van der Waals surface area contributed by atoms with E-state index in [2.05, 4.69) is 16.3 Å². The molecular formula is C15H23N3O2. The minimum atomic E-state index is -0.0380. The van der Waals surface area contributed by atoms with Crippen LogP contribution in [0.15, 0.2) is 18.2 Å². The molecule has 1 saturated heterocycles. The van der Waals surface area contributed by atoms with Gasteiger partial charge in [-0.15, -0.1) is 0 Å². The fourth-order valence-corrected chi connectivity index (χ4v) is 2.69. The third kappa shape index (κ3) is 3.11. The van der Waals surface area contributed by atoms with E-state index in [4.69, 9.17) is 10.5 Å². The maximum absolute atomic E-state index is 11.9. The number of amides is 1. The van der Waals surface area contributed by atoms with Crippen molar-refractivity contribution in [3.8, 4) is 5.75 Å². The van der Waals surface area contributed by atoms with Crippen molar-refractivity contribution < 1.29 is 9.53 Å². The number of ether oxygens (including phenoxy) is 1. The van der Waals surface area contributed by atoms with Crippen LogP contribution in [-0.4, -0.2) is 37.0 Å². The summed E-state index contributed by atoms with van der Waals surface area (Å²) in [5.74, 6) is 0.948. The predicted molar refractivity (Wildman–Crippen MR) is 78.4 cm³/mol. The van der Waals surface area contributed by atoms with Gasteiger partial charge in [-0.25, -0.2) is 0 Å². The van der Waals surface area contributed by atoms with Crippen molar-refractivity contribution in [2.75, 3.05) is 20.2 Å². The molecule has 0 aliphatic carbocycles. The highest BCUT2D eigenvalue weighted by atomic mass is 16.5. The second kappa shape index (κ2) is 6.72. The molecule has 1 aliphatic rings. The molecule has 20 heavy (non-hydrogen) atoms. The largest absolute Gasteiger partial charge is 0.496 e. The Morgan fingerprint density at radius 1 is 1.50 bits per heavy atom. The molecule has 3 N–H and O–H groups in total. The van der Waals surface area contributed by atoms with E-state index in [1.54, 1.807) is 7.11 Å². The van der Waals surface area contributed by atoms with E-state index in [0.29, 0.717) is 13.1 Å². The van der Waals surface area contributed by atoms with Crippen LogP contribution in [0.25, 0.3) is 0 Å². The molecule has 0 aromatic heterocycles. The van der Waals surface area contributed by atoms with E-state index < -0.39 is 0 Å². The van der Waals surface area contributed by atoms with Gasteiger partial charge >= 0.3 is 0 Å². The molecule has 0 bridgehead atoms. The van der Waals surface area contributed by atoms with E-state index >= 15 is 0 Å². The second-order valence-electron chi connectivity index (χ2n) is 5.04. The number of nitrogens with one attached hydrogen (secondary N) is 1. The topological polar surface area (TPSA) is 67.6 Å². The van der Waals surface area contributed by atoms with Crippen LogP contribution in [0.3, 0.4) is 0 Å². The van der Waals surface area contributed by atoms with E-state index in [0.717, 1.165) is 36.4 Å². The monoisotopic (exact) mass is 277 g/mol. The standard InChI is InChI=1S/C15H23N3O2/c1-3-13-15(19)17-6-7-18(13)10-11-4-5-12(9-16)14(8-11)20-2/h4-5,8,13H,3,6-7,9-10,16H2,1-2H3,(H,17,19). The number of nitrogens with zero attached hydrogens (tertiary/aromatic N) is 1. The molecule has 1 atom stereocenters. The number of rotatable bonds is 5. The van der Waals surface area contributed by atoms with Crippen molar-refractivity contribution >= 4 is 5.91 Å². The number of nitrogens with two attached hydrogens (primary N) is 1. The lowest BCUT2D eigenvalue weighted by Gasteiger charge is -2.34. The number of hydrogen-bond acceptors (Lipinski definition) is 4. The summed E-state index contributed by atoms with van der Waals surface area (Å²) >= 11 is 0. The molecule has 110 valence electrons. The van der Waals surface area contributed by atoms with Crippen molar-refractivity contribution in [2.45, 2.75) is 32.5 Å². The zero-order valence-corrected chi connectivity index (χ0v) is 12.2. The number of methoxy groups -OCH3 is 1. The number of benzene rings is 1. The van der Waals surface area contributed by atoms with Crippen molar-refractivity contribution in [3.63, 3.8) is 0 Å². The maximum Gasteiger partial charge on any atom is 0.237 e. The van der Waals surface area contributed by atoms with E-state index in [-0.39, 0.29) is 11.9 Å². The summed E-state index contributed by atoms with van der Waals surface area (Å²) < 4.78 is 5.36. The highest BCUT2D eigenvalue weighted by molar-refractivity contribution is 5.82. The Balaban J connectivity index is 2.14. The van der Waals surface area contributed by atoms with Crippen molar-refractivity contribution in [3.05, 3.63) is 29.3 Å². The molecule has 1 aromatic carbocycles. The minimum absolute atomic E-state index is 0.0380. The smallest absolute Gasteiger partial charge is 0.237 e. The summed E-state index contributed by atoms with van der Waals surface area (Å²) in [6, 6.07) is 6.04. The summed E-state index contributed by atoms with van der Waals surface area (Å²) in [7, 11) is 1.65. The first-order valence-corrected chi connectivity index (χ1v) is 7.07.